The molecule has 6 heteroatoms. The van der Waals surface area contributed by atoms with E-state index in [4.69, 9.17) is 9.47 Å². The van der Waals surface area contributed by atoms with Gasteiger partial charge in [0.1, 0.15) is 11.7 Å². The van der Waals surface area contributed by atoms with Crippen LogP contribution in [-0.2, 0) is 9.53 Å². The molecule has 1 aliphatic heterocycles. The largest absolute Gasteiger partial charge is 0.493 e. The SMILES string of the molecule is C=C1NC(=O)N[C@@H](c2ccccc2OCCC)[C@@H]1C(=O)OCC. The molecule has 0 aromatic heterocycles. The van der Waals surface area contributed by atoms with Crippen molar-refractivity contribution in [3.63, 3.8) is 0 Å². The quantitative estimate of drug-likeness (QED) is 0.790. The van der Waals surface area contributed by atoms with E-state index in [0.717, 1.165) is 12.0 Å². The number of carbonyl (C=O) groups is 2. The molecule has 2 N–H and O–H groups in total. The molecule has 6 nitrogen and oxygen atoms in total. The summed E-state index contributed by atoms with van der Waals surface area (Å²) in [6.07, 6.45) is 0.862. The zero-order chi connectivity index (χ0) is 16.8. The van der Waals surface area contributed by atoms with Crippen LogP contribution in [0.3, 0.4) is 0 Å². The van der Waals surface area contributed by atoms with Gasteiger partial charge in [-0.15, -0.1) is 0 Å². The Bertz CT molecular complexity index is 600. The first-order chi connectivity index (χ1) is 11.1. The molecule has 1 aliphatic rings. The first kappa shape index (κ1) is 16.9. The van der Waals surface area contributed by atoms with Gasteiger partial charge in [-0.05, 0) is 19.4 Å². The average Bonchev–Trinajstić information content (AvgIpc) is 2.52. The number of amides is 2. The van der Waals surface area contributed by atoms with Crippen LogP contribution >= 0.6 is 0 Å². The van der Waals surface area contributed by atoms with Crippen LogP contribution in [-0.4, -0.2) is 25.2 Å². The molecule has 0 bridgehead atoms. The van der Waals surface area contributed by atoms with Gasteiger partial charge in [-0.1, -0.05) is 31.7 Å². The molecule has 1 fully saturated rings. The first-order valence-corrected chi connectivity index (χ1v) is 7.73. The van der Waals surface area contributed by atoms with Crippen molar-refractivity contribution in [2.75, 3.05) is 13.2 Å². The summed E-state index contributed by atoms with van der Waals surface area (Å²) in [5.74, 6) is -0.497. The van der Waals surface area contributed by atoms with Crippen LogP contribution in [0.25, 0.3) is 0 Å². The number of benzene rings is 1. The lowest BCUT2D eigenvalue weighted by Gasteiger charge is -2.33. The molecule has 23 heavy (non-hydrogen) atoms. The fraction of sp³-hybridized carbons (Fsp3) is 0.412. The third-order valence-electron chi connectivity index (χ3n) is 3.53. The number of hydrogen-bond donors (Lipinski definition) is 2. The number of esters is 1. The molecular formula is C17H22N2O4. The summed E-state index contributed by atoms with van der Waals surface area (Å²) in [7, 11) is 0. The molecule has 0 aliphatic carbocycles. The minimum absolute atomic E-state index is 0.261. The monoisotopic (exact) mass is 318 g/mol. The van der Waals surface area contributed by atoms with E-state index in [1.54, 1.807) is 6.92 Å². The van der Waals surface area contributed by atoms with E-state index in [1.807, 2.05) is 31.2 Å². The standard InChI is InChI=1S/C17H22N2O4/c1-4-10-23-13-9-7-6-8-12(13)15-14(16(20)22-5-2)11(3)18-17(21)19-15/h6-9,14-15H,3-5,10H2,1-2H3,(H2,18,19,21)/t14-,15+/m1/s1. The fourth-order valence-corrected chi connectivity index (χ4v) is 2.53. The van der Waals surface area contributed by atoms with Crippen LogP contribution in [0.1, 0.15) is 31.9 Å². The summed E-state index contributed by atoms with van der Waals surface area (Å²) in [5, 5.41) is 5.32. The summed E-state index contributed by atoms with van der Waals surface area (Å²) in [6.45, 7) is 8.37. The molecule has 2 rings (SSSR count). The van der Waals surface area contributed by atoms with Crippen molar-refractivity contribution in [1.82, 2.24) is 10.6 Å². The maximum atomic E-state index is 12.3. The summed E-state index contributed by atoms with van der Waals surface area (Å²) >= 11 is 0. The van der Waals surface area contributed by atoms with E-state index in [1.165, 1.54) is 0 Å². The average molecular weight is 318 g/mol. The summed E-state index contributed by atoms with van der Waals surface area (Å²) < 4.78 is 10.9. The lowest BCUT2D eigenvalue weighted by molar-refractivity contribution is -0.147. The molecule has 1 heterocycles. The first-order valence-electron chi connectivity index (χ1n) is 7.73. The minimum Gasteiger partial charge on any atom is -0.493 e. The number of para-hydroxylation sites is 1. The molecule has 0 unspecified atom stereocenters. The minimum atomic E-state index is -0.709. The third kappa shape index (κ3) is 3.83. The molecule has 2 atom stereocenters. The second-order valence-electron chi connectivity index (χ2n) is 5.22. The van der Waals surface area contributed by atoms with Crippen LogP contribution in [0.4, 0.5) is 4.79 Å². The summed E-state index contributed by atoms with van der Waals surface area (Å²) in [5.41, 5.74) is 1.05. The Labute approximate surface area is 135 Å². The van der Waals surface area contributed by atoms with Gasteiger partial charge < -0.3 is 20.1 Å². The summed E-state index contributed by atoms with van der Waals surface area (Å²) in [4.78, 5) is 24.1. The van der Waals surface area contributed by atoms with Gasteiger partial charge in [0, 0.05) is 11.3 Å². The van der Waals surface area contributed by atoms with Gasteiger partial charge in [0.25, 0.3) is 0 Å². The van der Waals surface area contributed by atoms with Crippen molar-refractivity contribution >= 4 is 12.0 Å². The van der Waals surface area contributed by atoms with E-state index >= 15 is 0 Å². The van der Waals surface area contributed by atoms with Gasteiger partial charge >= 0.3 is 12.0 Å². The predicted molar refractivity (Wildman–Crippen MR) is 85.9 cm³/mol. The van der Waals surface area contributed by atoms with E-state index in [9.17, 15) is 9.59 Å². The number of carbonyl (C=O) groups excluding carboxylic acids is 2. The van der Waals surface area contributed by atoms with Gasteiger partial charge in [0.15, 0.2) is 0 Å². The van der Waals surface area contributed by atoms with Crippen molar-refractivity contribution < 1.29 is 19.1 Å². The zero-order valence-corrected chi connectivity index (χ0v) is 13.4. The second-order valence-corrected chi connectivity index (χ2v) is 5.22. The number of nitrogens with one attached hydrogen (secondary N) is 2. The summed E-state index contributed by atoms with van der Waals surface area (Å²) in [6, 6.07) is 6.37. The molecule has 1 saturated heterocycles. The normalized spacial score (nSPS) is 20.4. The molecule has 124 valence electrons. The molecule has 0 radical (unpaired) electrons. The number of urea groups is 1. The van der Waals surface area contributed by atoms with Gasteiger partial charge in [0.2, 0.25) is 0 Å². The highest BCUT2D eigenvalue weighted by Gasteiger charge is 2.39. The number of hydrogen-bond acceptors (Lipinski definition) is 4. The predicted octanol–water partition coefficient (Wildman–Crippen LogP) is 2.52. The maximum absolute atomic E-state index is 12.3. The van der Waals surface area contributed by atoms with Crippen LogP contribution < -0.4 is 15.4 Å². The van der Waals surface area contributed by atoms with Crippen molar-refractivity contribution in [1.29, 1.82) is 0 Å². The van der Waals surface area contributed by atoms with Crippen LogP contribution in [0.2, 0.25) is 0 Å². The molecule has 2 amide bonds. The fourth-order valence-electron chi connectivity index (χ4n) is 2.53. The van der Waals surface area contributed by atoms with Crippen LogP contribution in [0, 0.1) is 5.92 Å². The van der Waals surface area contributed by atoms with E-state index < -0.39 is 24.0 Å². The van der Waals surface area contributed by atoms with Crippen molar-refractivity contribution in [2.45, 2.75) is 26.3 Å². The Morgan fingerprint density at radius 3 is 2.74 bits per heavy atom. The molecule has 0 spiro atoms. The molecule has 1 aromatic rings. The Morgan fingerprint density at radius 2 is 2.04 bits per heavy atom. The topological polar surface area (TPSA) is 76.7 Å². The van der Waals surface area contributed by atoms with E-state index in [2.05, 4.69) is 17.2 Å². The van der Waals surface area contributed by atoms with Crippen LogP contribution in [0.5, 0.6) is 5.75 Å². The zero-order valence-electron chi connectivity index (χ0n) is 13.4. The third-order valence-corrected chi connectivity index (χ3v) is 3.53. The van der Waals surface area contributed by atoms with Gasteiger partial charge in [-0.2, -0.15) is 0 Å². The highest BCUT2D eigenvalue weighted by Crippen LogP contribution is 2.35. The van der Waals surface area contributed by atoms with Crippen molar-refractivity contribution in [2.24, 2.45) is 5.92 Å². The Kier molecular flexibility index (Phi) is 5.62. The highest BCUT2D eigenvalue weighted by molar-refractivity contribution is 5.85. The van der Waals surface area contributed by atoms with Crippen molar-refractivity contribution in [3.8, 4) is 5.75 Å². The van der Waals surface area contributed by atoms with E-state index in [0.29, 0.717) is 18.1 Å². The van der Waals surface area contributed by atoms with Crippen molar-refractivity contribution in [3.05, 3.63) is 42.1 Å². The van der Waals surface area contributed by atoms with Gasteiger partial charge in [-0.25, -0.2) is 4.79 Å². The highest BCUT2D eigenvalue weighted by atomic mass is 16.5. The lowest BCUT2D eigenvalue weighted by atomic mass is 9.88. The second kappa shape index (κ2) is 7.67. The Hall–Kier alpha value is -2.50. The molecular weight excluding hydrogens is 296 g/mol. The lowest BCUT2D eigenvalue weighted by Crippen LogP contribution is -2.51. The molecule has 1 aromatic carbocycles. The number of rotatable bonds is 6. The van der Waals surface area contributed by atoms with Gasteiger partial charge in [-0.3, -0.25) is 4.79 Å². The smallest absolute Gasteiger partial charge is 0.319 e. The van der Waals surface area contributed by atoms with Crippen LogP contribution in [0.15, 0.2) is 36.5 Å². The molecule has 0 saturated carbocycles. The van der Waals surface area contributed by atoms with Gasteiger partial charge in [0.05, 0.1) is 19.3 Å². The Balaban J connectivity index is 2.38. The van der Waals surface area contributed by atoms with E-state index in [-0.39, 0.29) is 6.61 Å². The Morgan fingerprint density at radius 1 is 1.30 bits per heavy atom. The maximum Gasteiger partial charge on any atom is 0.319 e. The number of ether oxygens (including phenoxy) is 2.